The van der Waals surface area contributed by atoms with E-state index >= 15 is 0 Å². The number of amides is 1. The molecule has 6 heteroatoms. The lowest BCUT2D eigenvalue weighted by atomic mass is 10.1. The topological polar surface area (TPSA) is 52.2 Å². The van der Waals surface area contributed by atoms with Crippen LogP contribution in [-0.4, -0.2) is 46.5 Å². The number of aromatic amines is 1. The first-order valence-corrected chi connectivity index (χ1v) is 8.18. The quantitative estimate of drug-likeness (QED) is 0.936. The zero-order valence-corrected chi connectivity index (χ0v) is 14.2. The molecule has 1 aliphatic heterocycles. The molecule has 5 nitrogen and oxygen atoms in total. The molecule has 0 spiro atoms. The van der Waals surface area contributed by atoms with Gasteiger partial charge in [0.15, 0.2) is 0 Å². The van der Waals surface area contributed by atoms with E-state index < -0.39 is 0 Å². The third-order valence-electron chi connectivity index (χ3n) is 4.33. The molecule has 1 N–H and O–H groups in total. The second-order valence-electron chi connectivity index (χ2n) is 6.12. The first-order valence-electron chi connectivity index (χ1n) is 7.80. The van der Waals surface area contributed by atoms with Crippen molar-refractivity contribution < 1.29 is 4.79 Å². The van der Waals surface area contributed by atoms with Gasteiger partial charge < -0.3 is 4.90 Å². The maximum Gasteiger partial charge on any atom is 0.256 e. The van der Waals surface area contributed by atoms with Crippen LogP contribution < -0.4 is 0 Å². The van der Waals surface area contributed by atoms with Gasteiger partial charge in [0.05, 0.1) is 23.5 Å². The lowest BCUT2D eigenvalue weighted by molar-refractivity contribution is 0.0824. The molecule has 1 fully saturated rings. The van der Waals surface area contributed by atoms with Gasteiger partial charge in [-0.3, -0.25) is 14.8 Å². The van der Waals surface area contributed by atoms with Gasteiger partial charge in [0, 0.05) is 25.7 Å². The fourth-order valence-electron chi connectivity index (χ4n) is 3.15. The van der Waals surface area contributed by atoms with Crippen LogP contribution in [0, 0.1) is 0 Å². The summed E-state index contributed by atoms with van der Waals surface area (Å²) in [5.41, 5.74) is 2.68. The number of hydrogen-bond acceptors (Lipinski definition) is 3. The number of aromatic nitrogens is 2. The molecule has 1 aromatic carbocycles. The van der Waals surface area contributed by atoms with Gasteiger partial charge in [-0.25, -0.2) is 0 Å². The van der Waals surface area contributed by atoms with Gasteiger partial charge in [-0.15, -0.1) is 0 Å². The molecule has 1 saturated heterocycles. The van der Waals surface area contributed by atoms with E-state index in [0.717, 1.165) is 42.2 Å². The minimum atomic E-state index is -0.0154. The number of carbonyl (C=O) groups excluding carboxylic acids is 1. The number of benzene rings is 1. The highest BCUT2D eigenvalue weighted by atomic mass is 35.5. The summed E-state index contributed by atoms with van der Waals surface area (Å²) in [5.74, 6) is -0.0154. The first kappa shape index (κ1) is 16.0. The van der Waals surface area contributed by atoms with Crippen LogP contribution in [0.25, 0.3) is 0 Å². The minimum absolute atomic E-state index is 0.0154. The van der Waals surface area contributed by atoms with Gasteiger partial charge >= 0.3 is 0 Å². The second-order valence-corrected chi connectivity index (χ2v) is 6.52. The van der Waals surface area contributed by atoms with Crippen LogP contribution >= 0.6 is 11.6 Å². The van der Waals surface area contributed by atoms with E-state index in [9.17, 15) is 4.79 Å². The molecule has 122 valence electrons. The van der Waals surface area contributed by atoms with E-state index in [4.69, 9.17) is 11.6 Å². The Bertz CT molecular complexity index is 697. The van der Waals surface area contributed by atoms with Crippen molar-refractivity contribution in [2.45, 2.75) is 25.4 Å². The van der Waals surface area contributed by atoms with Crippen LogP contribution in [-0.2, 0) is 6.54 Å². The predicted octanol–water partition coefficient (Wildman–Crippen LogP) is 3.10. The van der Waals surface area contributed by atoms with Crippen molar-refractivity contribution in [3.8, 4) is 0 Å². The largest absolute Gasteiger partial charge is 0.345 e. The van der Waals surface area contributed by atoms with Crippen molar-refractivity contribution >= 4 is 17.5 Å². The number of carbonyl (C=O) groups is 1. The Morgan fingerprint density at radius 2 is 2.22 bits per heavy atom. The zero-order chi connectivity index (χ0) is 16.4. The van der Waals surface area contributed by atoms with Crippen molar-refractivity contribution in [3.05, 3.63) is 52.3 Å². The highest BCUT2D eigenvalue weighted by Crippen LogP contribution is 2.34. The van der Waals surface area contributed by atoms with Crippen molar-refractivity contribution in [2.24, 2.45) is 0 Å². The van der Waals surface area contributed by atoms with Crippen molar-refractivity contribution in [1.29, 1.82) is 0 Å². The third-order valence-corrected chi connectivity index (χ3v) is 4.70. The molecule has 3 rings (SSSR count). The molecule has 1 aliphatic rings. The van der Waals surface area contributed by atoms with Crippen LogP contribution in [0.1, 0.15) is 40.5 Å². The summed E-state index contributed by atoms with van der Waals surface area (Å²) in [5, 5.41) is 7.93. The highest BCUT2D eigenvalue weighted by molar-refractivity contribution is 6.31. The lowest BCUT2D eigenvalue weighted by Crippen LogP contribution is -2.27. The zero-order valence-electron chi connectivity index (χ0n) is 13.4. The minimum Gasteiger partial charge on any atom is -0.345 e. The Morgan fingerprint density at radius 3 is 2.96 bits per heavy atom. The summed E-state index contributed by atoms with van der Waals surface area (Å²) < 4.78 is 0. The molecule has 0 bridgehead atoms. The van der Waals surface area contributed by atoms with E-state index in [1.165, 1.54) is 0 Å². The Morgan fingerprint density at radius 1 is 1.43 bits per heavy atom. The van der Waals surface area contributed by atoms with Gasteiger partial charge in [0.25, 0.3) is 5.91 Å². The number of hydrogen-bond donors (Lipinski definition) is 1. The molecule has 0 unspecified atom stereocenters. The highest BCUT2D eigenvalue weighted by Gasteiger charge is 2.31. The van der Waals surface area contributed by atoms with E-state index in [-0.39, 0.29) is 11.9 Å². The standard InChI is InChI=1S/C17H21ClN4O/c1-21(2)17(23)13-10-19-20-16(13)15-8-5-9-22(15)11-12-6-3-4-7-14(12)18/h3-4,6-7,10,15H,5,8-9,11H2,1-2H3,(H,19,20)/t15-/m1/s1. The Hall–Kier alpha value is -1.85. The van der Waals surface area contributed by atoms with E-state index in [1.54, 1.807) is 25.2 Å². The fourth-order valence-corrected chi connectivity index (χ4v) is 3.34. The molecule has 0 saturated carbocycles. The number of rotatable bonds is 4. The smallest absolute Gasteiger partial charge is 0.256 e. The summed E-state index contributed by atoms with van der Waals surface area (Å²) in [6.07, 6.45) is 3.74. The fraction of sp³-hybridized carbons (Fsp3) is 0.412. The van der Waals surface area contributed by atoms with Gasteiger partial charge in [-0.2, -0.15) is 5.10 Å². The Balaban J connectivity index is 1.84. The van der Waals surface area contributed by atoms with Gasteiger partial charge in [-0.1, -0.05) is 29.8 Å². The second kappa shape index (κ2) is 6.72. The summed E-state index contributed by atoms with van der Waals surface area (Å²) in [6, 6.07) is 8.09. The van der Waals surface area contributed by atoms with Crippen molar-refractivity contribution in [3.63, 3.8) is 0 Å². The molecular weight excluding hydrogens is 312 g/mol. The van der Waals surface area contributed by atoms with E-state index in [2.05, 4.69) is 21.2 Å². The normalized spacial score (nSPS) is 18.3. The molecule has 23 heavy (non-hydrogen) atoms. The molecule has 1 atom stereocenters. The SMILES string of the molecule is CN(C)C(=O)c1cn[nH]c1[C@H]1CCCN1Cc1ccccc1Cl. The van der Waals surface area contributed by atoms with Gasteiger partial charge in [0.1, 0.15) is 0 Å². The summed E-state index contributed by atoms with van der Waals surface area (Å²) >= 11 is 6.29. The van der Waals surface area contributed by atoms with Crippen molar-refractivity contribution in [2.75, 3.05) is 20.6 Å². The van der Waals surface area contributed by atoms with E-state index in [0.29, 0.717) is 5.56 Å². The predicted molar refractivity (Wildman–Crippen MR) is 90.4 cm³/mol. The van der Waals surface area contributed by atoms with E-state index in [1.807, 2.05) is 18.2 Å². The Kier molecular flexibility index (Phi) is 4.68. The van der Waals surface area contributed by atoms with Crippen LogP contribution in [0.2, 0.25) is 5.02 Å². The number of H-pyrrole nitrogens is 1. The monoisotopic (exact) mass is 332 g/mol. The number of nitrogens with zero attached hydrogens (tertiary/aromatic N) is 3. The average Bonchev–Trinajstić information content (AvgIpc) is 3.17. The number of nitrogens with one attached hydrogen (secondary N) is 1. The summed E-state index contributed by atoms with van der Waals surface area (Å²) in [6.45, 7) is 1.77. The van der Waals surface area contributed by atoms with Crippen molar-refractivity contribution in [1.82, 2.24) is 20.0 Å². The first-order chi connectivity index (χ1) is 11.1. The molecule has 1 amide bonds. The molecule has 2 aromatic rings. The summed E-state index contributed by atoms with van der Waals surface area (Å²) in [4.78, 5) is 16.3. The molecular formula is C17H21ClN4O. The summed E-state index contributed by atoms with van der Waals surface area (Å²) in [7, 11) is 3.52. The average molecular weight is 333 g/mol. The molecule has 2 heterocycles. The third kappa shape index (κ3) is 3.26. The maximum atomic E-state index is 12.3. The molecule has 0 radical (unpaired) electrons. The maximum absolute atomic E-state index is 12.3. The molecule has 0 aliphatic carbocycles. The number of halogens is 1. The molecule has 1 aromatic heterocycles. The van der Waals surface area contributed by atoms with Crippen LogP contribution in [0.5, 0.6) is 0 Å². The Labute approximate surface area is 141 Å². The number of likely N-dealkylation sites (tertiary alicyclic amines) is 1. The van der Waals surface area contributed by atoms with Gasteiger partial charge in [0.2, 0.25) is 0 Å². The van der Waals surface area contributed by atoms with Crippen LogP contribution in [0.15, 0.2) is 30.5 Å². The lowest BCUT2D eigenvalue weighted by Gasteiger charge is -2.25. The van der Waals surface area contributed by atoms with Crippen LogP contribution in [0.4, 0.5) is 0 Å². The van der Waals surface area contributed by atoms with Gasteiger partial charge in [-0.05, 0) is 31.0 Å². The van der Waals surface area contributed by atoms with Crippen LogP contribution in [0.3, 0.4) is 0 Å².